The molecule has 102 valence electrons. The summed E-state index contributed by atoms with van der Waals surface area (Å²) < 4.78 is 21.5. The molecule has 0 amide bonds. The second-order valence-electron chi connectivity index (χ2n) is 4.18. The van der Waals surface area contributed by atoms with Crippen LogP contribution in [0.1, 0.15) is 19.8 Å². The fourth-order valence-electron chi connectivity index (χ4n) is 1.75. The van der Waals surface area contributed by atoms with E-state index >= 15 is 0 Å². The van der Waals surface area contributed by atoms with E-state index in [2.05, 4.69) is 5.32 Å². The molecule has 0 aromatic heterocycles. The maximum absolute atomic E-state index is 11.0. The Bertz CT molecular complexity index is 383. The molecule has 0 saturated carbocycles. The predicted molar refractivity (Wildman–Crippen MR) is 76.6 cm³/mol. The molecule has 0 spiro atoms. The SMILES string of the molecule is CCC(CCNc1ccc(N)cc1)N(C)S(=O)O. The van der Waals surface area contributed by atoms with E-state index in [1.807, 2.05) is 31.2 Å². The molecule has 1 rings (SSSR count). The normalized spacial score (nSPS) is 14.4. The lowest BCUT2D eigenvalue weighted by Gasteiger charge is -2.23. The number of rotatable bonds is 7. The zero-order valence-corrected chi connectivity index (χ0v) is 11.6. The molecule has 0 heterocycles. The first-order valence-corrected chi connectivity index (χ1v) is 7.04. The van der Waals surface area contributed by atoms with Crippen LogP contribution in [0.2, 0.25) is 0 Å². The molecule has 0 aliphatic heterocycles. The molecule has 1 aromatic rings. The van der Waals surface area contributed by atoms with Gasteiger partial charge in [0.25, 0.3) is 0 Å². The summed E-state index contributed by atoms with van der Waals surface area (Å²) in [6.07, 6.45) is 1.65. The topological polar surface area (TPSA) is 78.6 Å². The molecule has 1 aromatic carbocycles. The first-order chi connectivity index (χ1) is 8.54. The van der Waals surface area contributed by atoms with Crippen LogP contribution in [0, 0.1) is 0 Å². The molecule has 0 fully saturated rings. The summed E-state index contributed by atoms with van der Waals surface area (Å²) in [5.41, 5.74) is 7.35. The summed E-state index contributed by atoms with van der Waals surface area (Å²) >= 11 is -1.90. The zero-order valence-electron chi connectivity index (χ0n) is 10.8. The number of nitrogens with zero attached hydrogens (tertiary/aromatic N) is 1. The standard InChI is InChI=1S/C12H21N3O2S/c1-3-12(15(2)18(16)17)8-9-14-11-6-4-10(13)5-7-11/h4-7,12,14H,3,8-9,13H2,1-2H3,(H,16,17). The number of anilines is 2. The van der Waals surface area contributed by atoms with Gasteiger partial charge in [-0.3, -0.25) is 4.55 Å². The van der Waals surface area contributed by atoms with Crippen molar-refractivity contribution in [2.24, 2.45) is 0 Å². The highest BCUT2D eigenvalue weighted by Crippen LogP contribution is 2.12. The van der Waals surface area contributed by atoms with Gasteiger partial charge >= 0.3 is 0 Å². The van der Waals surface area contributed by atoms with Crippen LogP contribution in [-0.4, -0.2) is 32.7 Å². The zero-order chi connectivity index (χ0) is 13.5. The highest BCUT2D eigenvalue weighted by atomic mass is 32.2. The van der Waals surface area contributed by atoms with Gasteiger partial charge in [-0.15, -0.1) is 0 Å². The van der Waals surface area contributed by atoms with Crippen molar-refractivity contribution in [3.63, 3.8) is 0 Å². The molecule has 0 saturated heterocycles. The average molecular weight is 271 g/mol. The molecule has 5 nitrogen and oxygen atoms in total. The summed E-state index contributed by atoms with van der Waals surface area (Å²) in [6.45, 7) is 2.77. The van der Waals surface area contributed by atoms with Crippen molar-refractivity contribution in [1.29, 1.82) is 0 Å². The first-order valence-electron chi connectivity index (χ1n) is 5.97. The van der Waals surface area contributed by atoms with Crippen molar-refractivity contribution >= 4 is 22.6 Å². The van der Waals surface area contributed by atoms with E-state index in [0.717, 1.165) is 30.8 Å². The van der Waals surface area contributed by atoms with Gasteiger partial charge in [-0.1, -0.05) is 6.92 Å². The van der Waals surface area contributed by atoms with E-state index in [1.54, 1.807) is 7.05 Å². The highest BCUT2D eigenvalue weighted by Gasteiger charge is 2.16. The molecule has 2 atom stereocenters. The Kier molecular flexibility index (Phi) is 6.11. The van der Waals surface area contributed by atoms with Gasteiger partial charge in [0.1, 0.15) is 0 Å². The summed E-state index contributed by atoms with van der Waals surface area (Å²) in [4.78, 5) is 0. The van der Waals surface area contributed by atoms with Crippen LogP contribution in [0.3, 0.4) is 0 Å². The minimum absolute atomic E-state index is 0.0946. The Morgan fingerprint density at radius 2 is 2.06 bits per heavy atom. The first kappa shape index (κ1) is 14.9. The maximum atomic E-state index is 11.0. The Morgan fingerprint density at radius 1 is 1.44 bits per heavy atom. The fourth-order valence-corrected chi connectivity index (χ4v) is 2.26. The van der Waals surface area contributed by atoms with E-state index in [9.17, 15) is 4.21 Å². The molecule has 2 unspecified atom stereocenters. The summed E-state index contributed by atoms with van der Waals surface area (Å²) in [6, 6.07) is 7.62. The van der Waals surface area contributed by atoms with Crippen LogP contribution in [0.5, 0.6) is 0 Å². The van der Waals surface area contributed by atoms with E-state index < -0.39 is 11.3 Å². The van der Waals surface area contributed by atoms with E-state index in [-0.39, 0.29) is 6.04 Å². The summed E-state index contributed by atoms with van der Waals surface area (Å²) in [7, 11) is 1.66. The predicted octanol–water partition coefficient (Wildman–Crippen LogP) is 1.92. The average Bonchev–Trinajstić information content (AvgIpc) is 2.36. The molecule has 0 radical (unpaired) electrons. The third-order valence-electron chi connectivity index (χ3n) is 2.95. The lowest BCUT2D eigenvalue weighted by atomic mass is 10.1. The van der Waals surface area contributed by atoms with Crippen molar-refractivity contribution in [2.75, 3.05) is 24.6 Å². The Hall–Kier alpha value is -1.11. The number of nitrogen functional groups attached to an aromatic ring is 1. The maximum Gasteiger partial charge on any atom is 0.234 e. The van der Waals surface area contributed by atoms with Crippen molar-refractivity contribution < 1.29 is 8.76 Å². The van der Waals surface area contributed by atoms with Gasteiger partial charge in [0.2, 0.25) is 11.3 Å². The minimum Gasteiger partial charge on any atom is -0.399 e. The van der Waals surface area contributed by atoms with E-state index in [0.29, 0.717) is 0 Å². The van der Waals surface area contributed by atoms with Crippen molar-refractivity contribution in [2.45, 2.75) is 25.8 Å². The second-order valence-corrected chi connectivity index (χ2v) is 5.21. The lowest BCUT2D eigenvalue weighted by molar-refractivity contribution is 0.338. The minimum atomic E-state index is -1.90. The monoisotopic (exact) mass is 271 g/mol. The van der Waals surface area contributed by atoms with Crippen LogP contribution in [0.15, 0.2) is 24.3 Å². The molecular weight excluding hydrogens is 250 g/mol. The number of nitrogens with one attached hydrogen (secondary N) is 1. The fraction of sp³-hybridized carbons (Fsp3) is 0.500. The van der Waals surface area contributed by atoms with Crippen LogP contribution >= 0.6 is 0 Å². The molecule has 4 N–H and O–H groups in total. The third kappa shape index (κ3) is 4.64. The van der Waals surface area contributed by atoms with Crippen LogP contribution in [0.4, 0.5) is 11.4 Å². The number of nitrogens with two attached hydrogens (primary N) is 1. The highest BCUT2D eigenvalue weighted by molar-refractivity contribution is 7.76. The van der Waals surface area contributed by atoms with Crippen LogP contribution < -0.4 is 11.1 Å². The summed E-state index contributed by atoms with van der Waals surface area (Å²) in [5.74, 6) is 0. The Balaban J connectivity index is 2.40. The molecule has 18 heavy (non-hydrogen) atoms. The Morgan fingerprint density at radius 3 is 2.56 bits per heavy atom. The smallest absolute Gasteiger partial charge is 0.234 e. The molecule has 0 aliphatic rings. The number of benzene rings is 1. The largest absolute Gasteiger partial charge is 0.399 e. The molecular formula is C12H21N3O2S. The third-order valence-corrected chi connectivity index (χ3v) is 3.74. The second kappa shape index (κ2) is 7.35. The van der Waals surface area contributed by atoms with E-state index in [4.69, 9.17) is 10.3 Å². The van der Waals surface area contributed by atoms with Crippen LogP contribution in [0.25, 0.3) is 0 Å². The summed E-state index contributed by atoms with van der Waals surface area (Å²) in [5, 5.41) is 3.27. The molecule has 6 heteroatoms. The van der Waals surface area contributed by atoms with Gasteiger partial charge < -0.3 is 11.1 Å². The molecule has 0 aliphatic carbocycles. The van der Waals surface area contributed by atoms with E-state index in [1.165, 1.54) is 4.31 Å². The van der Waals surface area contributed by atoms with Gasteiger partial charge in [-0.2, -0.15) is 0 Å². The van der Waals surface area contributed by atoms with Gasteiger partial charge in [-0.05, 0) is 37.1 Å². The number of hydrogen-bond acceptors (Lipinski definition) is 3. The van der Waals surface area contributed by atoms with Gasteiger partial charge in [0.05, 0.1) is 0 Å². The quantitative estimate of drug-likeness (QED) is 0.523. The molecule has 0 bridgehead atoms. The van der Waals surface area contributed by atoms with Gasteiger partial charge in [0.15, 0.2) is 0 Å². The van der Waals surface area contributed by atoms with Crippen molar-refractivity contribution in [3.05, 3.63) is 24.3 Å². The lowest BCUT2D eigenvalue weighted by Crippen LogP contribution is -2.34. The van der Waals surface area contributed by atoms with Crippen LogP contribution in [-0.2, 0) is 11.3 Å². The van der Waals surface area contributed by atoms with Crippen molar-refractivity contribution in [1.82, 2.24) is 4.31 Å². The Labute approximate surface area is 111 Å². The van der Waals surface area contributed by atoms with Gasteiger partial charge in [-0.25, -0.2) is 8.51 Å². The van der Waals surface area contributed by atoms with Crippen molar-refractivity contribution in [3.8, 4) is 0 Å². The number of hydrogen-bond donors (Lipinski definition) is 3. The van der Waals surface area contributed by atoms with Gasteiger partial charge in [0, 0.05) is 31.0 Å².